The molecule has 3 amide bonds. The lowest BCUT2D eigenvalue weighted by molar-refractivity contribution is -0.144. The van der Waals surface area contributed by atoms with Crippen LogP contribution in [0.2, 0.25) is 0 Å². The summed E-state index contributed by atoms with van der Waals surface area (Å²) in [5, 5.41) is 9.93. The number of aliphatic hydroxyl groups excluding tert-OH is 1. The topological polar surface area (TPSA) is 81.2 Å². The number of hydrogen-bond donors (Lipinski definition) is 1. The minimum absolute atomic E-state index is 0.0106. The monoisotopic (exact) mass is 509 g/mol. The molecule has 0 saturated carbocycles. The van der Waals surface area contributed by atoms with Crippen LogP contribution in [0, 0.1) is 25.7 Å². The maximum absolute atomic E-state index is 14.5. The van der Waals surface area contributed by atoms with Gasteiger partial charge in [0, 0.05) is 30.6 Å². The smallest absolute Gasteiger partial charge is 0.251 e. The lowest BCUT2D eigenvalue weighted by Gasteiger charge is -2.38. The summed E-state index contributed by atoms with van der Waals surface area (Å²) in [6.07, 6.45) is 8.95. The number of thioether (sulfide) groups is 1. The van der Waals surface area contributed by atoms with Gasteiger partial charge in [-0.25, -0.2) is 0 Å². The van der Waals surface area contributed by atoms with E-state index < -0.39 is 28.7 Å². The number of aryl methyl sites for hydroxylation is 2. The van der Waals surface area contributed by atoms with E-state index in [1.54, 1.807) is 28.5 Å². The molecule has 2 fully saturated rings. The standard InChI is InChI=1S/C28H35N3O4S/c1-5-13-29-14-7-11-20-21(25(29)33)22-26(34)31(19(4)16-32)24-27(35)30(15-8-12-28(22,24)36-20)23-17(2)9-6-10-18(23)3/h6-12,19-22,24,32H,5,13-16H2,1-4H3/t19-,20-,21+,22+,24?,28+/m1/s1. The van der Waals surface area contributed by atoms with E-state index in [0.717, 1.165) is 23.2 Å². The first-order valence-electron chi connectivity index (χ1n) is 12.9. The van der Waals surface area contributed by atoms with Crippen molar-refractivity contribution in [1.29, 1.82) is 0 Å². The van der Waals surface area contributed by atoms with Gasteiger partial charge in [-0.3, -0.25) is 14.4 Å². The predicted octanol–water partition coefficient (Wildman–Crippen LogP) is 2.69. The molecule has 5 rings (SSSR count). The Morgan fingerprint density at radius 3 is 2.47 bits per heavy atom. The van der Waals surface area contributed by atoms with Gasteiger partial charge in [0.1, 0.15) is 6.04 Å². The Morgan fingerprint density at radius 1 is 1.08 bits per heavy atom. The molecule has 4 aliphatic heterocycles. The van der Waals surface area contributed by atoms with E-state index in [9.17, 15) is 19.5 Å². The number of carbonyl (C=O) groups is 3. The van der Waals surface area contributed by atoms with Crippen LogP contribution in [0.1, 0.15) is 31.4 Å². The molecule has 1 aromatic rings. The van der Waals surface area contributed by atoms with Gasteiger partial charge in [0.2, 0.25) is 11.8 Å². The average molecular weight is 510 g/mol. The number of amides is 3. The van der Waals surface area contributed by atoms with Gasteiger partial charge in [0.15, 0.2) is 0 Å². The molecule has 7 nitrogen and oxygen atoms in total. The third kappa shape index (κ3) is 3.56. The van der Waals surface area contributed by atoms with Crippen molar-refractivity contribution in [2.24, 2.45) is 11.8 Å². The van der Waals surface area contributed by atoms with E-state index in [4.69, 9.17) is 0 Å². The van der Waals surface area contributed by atoms with Crippen LogP contribution in [0.3, 0.4) is 0 Å². The molecular weight excluding hydrogens is 474 g/mol. The van der Waals surface area contributed by atoms with Crippen LogP contribution >= 0.6 is 11.8 Å². The fraction of sp³-hybridized carbons (Fsp3) is 0.536. The Hall–Kier alpha value is -2.58. The third-order valence-electron chi connectivity index (χ3n) is 8.12. The van der Waals surface area contributed by atoms with Crippen LogP contribution in [-0.2, 0) is 14.4 Å². The maximum atomic E-state index is 14.5. The second-order valence-corrected chi connectivity index (χ2v) is 11.9. The number of rotatable bonds is 5. The molecular formula is C28H35N3O4S. The van der Waals surface area contributed by atoms with Crippen LogP contribution in [0.5, 0.6) is 0 Å². The molecule has 0 radical (unpaired) electrons. The first kappa shape index (κ1) is 25.1. The van der Waals surface area contributed by atoms with Gasteiger partial charge in [-0.2, -0.15) is 0 Å². The lowest BCUT2D eigenvalue weighted by atomic mass is 9.78. The quantitative estimate of drug-likeness (QED) is 0.618. The van der Waals surface area contributed by atoms with Crippen molar-refractivity contribution >= 4 is 35.2 Å². The molecule has 1 aromatic carbocycles. The Kier molecular flexibility index (Phi) is 6.53. The molecule has 0 aliphatic carbocycles. The van der Waals surface area contributed by atoms with Crippen molar-refractivity contribution in [2.75, 3.05) is 31.1 Å². The summed E-state index contributed by atoms with van der Waals surface area (Å²) in [6.45, 7) is 9.13. The molecule has 36 heavy (non-hydrogen) atoms. The van der Waals surface area contributed by atoms with Crippen molar-refractivity contribution in [3.8, 4) is 0 Å². The SMILES string of the molecule is CCCN1CC=C[C@H]2S[C@]34C=CCN(c5c(C)cccc5C)C(=O)C3N([C@H](C)CO)C(=O)[C@@H]4[C@H]2C1=O. The number of fused-ring (bicyclic) bond motifs is 2. The van der Waals surface area contributed by atoms with Crippen molar-refractivity contribution in [3.05, 3.63) is 53.6 Å². The van der Waals surface area contributed by atoms with Crippen LogP contribution < -0.4 is 4.90 Å². The van der Waals surface area contributed by atoms with Crippen molar-refractivity contribution in [2.45, 2.75) is 56.2 Å². The van der Waals surface area contributed by atoms with Crippen molar-refractivity contribution in [3.63, 3.8) is 0 Å². The highest BCUT2D eigenvalue weighted by atomic mass is 32.2. The van der Waals surface area contributed by atoms with Crippen molar-refractivity contribution in [1.82, 2.24) is 9.80 Å². The zero-order valence-corrected chi connectivity index (χ0v) is 22.2. The summed E-state index contributed by atoms with van der Waals surface area (Å²) in [5.41, 5.74) is 2.85. The van der Waals surface area contributed by atoms with E-state index >= 15 is 0 Å². The molecule has 192 valence electrons. The van der Waals surface area contributed by atoms with Gasteiger partial charge in [0.05, 0.1) is 29.2 Å². The molecule has 0 bridgehead atoms. The van der Waals surface area contributed by atoms with E-state index in [1.165, 1.54) is 0 Å². The van der Waals surface area contributed by atoms with Gasteiger partial charge in [-0.15, -0.1) is 11.8 Å². The Bertz CT molecular complexity index is 1130. The summed E-state index contributed by atoms with van der Waals surface area (Å²) in [7, 11) is 0. The van der Waals surface area contributed by atoms with Gasteiger partial charge >= 0.3 is 0 Å². The van der Waals surface area contributed by atoms with Crippen LogP contribution in [-0.4, -0.2) is 80.9 Å². The molecule has 6 atom stereocenters. The highest BCUT2D eigenvalue weighted by Gasteiger charge is 2.71. The largest absolute Gasteiger partial charge is 0.394 e. The first-order chi connectivity index (χ1) is 17.3. The number of benzene rings is 1. The summed E-state index contributed by atoms with van der Waals surface area (Å²) in [4.78, 5) is 47.6. The number of anilines is 1. The number of aliphatic hydroxyl groups is 1. The average Bonchev–Trinajstić information content (AvgIpc) is 3.18. The predicted molar refractivity (Wildman–Crippen MR) is 142 cm³/mol. The second-order valence-electron chi connectivity index (χ2n) is 10.4. The zero-order chi connectivity index (χ0) is 25.8. The summed E-state index contributed by atoms with van der Waals surface area (Å²) < 4.78 is -0.868. The Morgan fingerprint density at radius 2 is 1.81 bits per heavy atom. The third-order valence-corrected chi connectivity index (χ3v) is 9.87. The zero-order valence-electron chi connectivity index (χ0n) is 21.4. The van der Waals surface area contributed by atoms with Crippen LogP contribution in [0.15, 0.2) is 42.5 Å². The molecule has 2 saturated heterocycles. The fourth-order valence-corrected chi connectivity index (χ4v) is 8.59. The Labute approximate surface area is 217 Å². The molecule has 1 N–H and O–H groups in total. The van der Waals surface area contributed by atoms with Gasteiger partial charge in [-0.1, -0.05) is 49.4 Å². The lowest BCUT2D eigenvalue weighted by Crippen LogP contribution is -2.56. The number of carbonyl (C=O) groups excluding carboxylic acids is 3. The first-order valence-corrected chi connectivity index (χ1v) is 13.8. The molecule has 1 spiro atoms. The summed E-state index contributed by atoms with van der Waals surface area (Å²) >= 11 is 1.58. The summed E-state index contributed by atoms with van der Waals surface area (Å²) in [6, 6.07) is 4.62. The van der Waals surface area contributed by atoms with Crippen LogP contribution in [0.25, 0.3) is 0 Å². The van der Waals surface area contributed by atoms with Gasteiger partial charge in [0.25, 0.3) is 5.91 Å². The Balaban J connectivity index is 1.64. The van der Waals surface area contributed by atoms with E-state index in [0.29, 0.717) is 19.6 Å². The molecule has 0 aromatic heterocycles. The highest BCUT2D eigenvalue weighted by molar-refractivity contribution is 8.02. The fourth-order valence-electron chi connectivity index (χ4n) is 6.59. The molecule has 1 unspecified atom stereocenters. The summed E-state index contributed by atoms with van der Waals surface area (Å²) in [5.74, 6) is -1.56. The highest BCUT2D eigenvalue weighted by Crippen LogP contribution is 2.61. The van der Waals surface area contributed by atoms with Gasteiger partial charge in [-0.05, 0) is 38.3 Å². The minimum Gasteiger partial charge on any atom is -0.394 e. The number of hydrogen-bond acceptors (Lipinski definition) is 5. The molecule has 4 aliphatic rings. The van der Waals surface area contributed by atoms with E-state index in [1.807, 2.05) is 62.1 Å². The molecule has 8 heteroatoms. The molecule has 4 heterocycles. The van der Waals surface area contributed by atoms with Gasteiger partial charge < -0.3 is 19.8 Å². The number of nitrogens with zero attached hydrogens (tertiary/aromatic N) is 3. The maximum Gasteiger partial charge on any atom is 0.251 e. The van der Waals surface area contributed by atoms with Crippen molar-refractivity contribution < 1.29 is 19.5 Å². The number of para-hydroxylation sites is 1. The minimum atomic E-state index is -0.868. The van der Waals surface area contributed by atoms with E-state index in [-0.39, 0.29) is 29.6 Å². The van der Waals surface area contributed by atoms with E-state index in [2.05, 4.69) is 6.08 Å². The second kappa shape index (κ2) is 9.38. The van der Waals surface area contributed by atoms with Crippen LogP contribution in [0.4, 0.5) is 5.69 Å². The number of likely N-dealkylation sites (tertiary alicyclic amines) is 1. The normalized spacial score (nSPS) is 32.4.